The Labute approximate surface area is 85.6 Å². The quantitative estimate of drug-likeness (QED) is 0.748. The number of nitrogen functional groups attached to an aromatic ring is 1. The first-order valence-electron chi connectivity index (χ1n) is 4.67. The summed E-state index contributed by atoms with van der Waals surface area (Å²) in [6.45, 7) is 9.96. The van der Waals surface area contributed by atoms with Crippen LogP contribution in [0.25, 0.3) is 6.08 Å². The molecule has 0 saturated carbocycles. The van der Waals surface area contributed by atoms with Crippen LogP contribution in [0.15, 0.2) is 11.5 Å². The van der Waals surface area contributed by atoms with Crippen molar-refractivity contribution in [2.45, 2.75) is 34.6 Å². The summed E-state index contributed by atoms with van der Waals surface area (Å²) in [6.07, 6.45) is 3.89. The molecule has 0 radical (unpaired) electrons. The van der Waals surface area contributed by atoms with E-state index < -0.39 is 0 Å². The number of allylic oxidation sites excluding steroid dienone is 1. The van der Waals surface area contributed by atoms with Gasteiger partial charge in [-0.05, 0) is 18.5 Å². The molecular weight excluding hydrogens is 180 g/mol. The normalized spacial score (nSPS) is 8.38. The van der Waals surface area contributed by atoms with Crippen molar-refractivity contribution in [2.24, 2.45) is 0 Å². The van der Waals surface area contributed by atoms with E-state index in [1.807, 2.05) is 52.2 Å². The fourth-order valence-corrected chi connectivity index (χ4v) is 1.14. The molecule has 2 N–H and O–H groups in total. The maximum absolute atomic E-state index is 5.47. The molecular formula is C10H20N2S. The van der Waals surface area contributed by atoms with Crippen molar-refractivity contribution in [2.75, 3.05) is 5.73 Å². The fraction of sp³-hybridized carbons (Fsp3) is 0.500. The zero-order valence-corrected chi connectivity index (χ0v) is 9.98. The van der Waals surface area contributed by atoms with Crippen LogP contribution < -0.4 is 5.73 Å². The second-order valence-electron chi connectivity index (χ2n) is 1.66. The van der Waals surface area contributed by atoms with E-state index in [9.17, 15) is 0 Å². The molecule has 0 aliphatic rings. The maximum Gasteiger partial charge on any atom is 0.144 e. The van der Waals surface area contributed by atoms with Crippen molar-refractivity contribution < 1.29 is 0 Å². The monoisotopic (exact) mass is 200 g/mol. The summed E-state index contributed by atoms with van der Waals surface area (Å²) in [5.41, 5.74) is 6.49. The predicted molar refractivity (Wildman–Crippen MR) is 63.9 cm³/mol. The molecule has 1 rings (SSSR count). The third-order valence-electron chi connectivity index (χ3n) is 0.973. The molecule has 76 valence electrons. The number of hydrogen-bond acceptors (Lipinski definition) is 3. The van der Waals surface area contributed by atoms with E-state index in [2.05, 4.69) is 4.37 Å². The lowest BCUT2D eigenvalue weighted by Gasteiger charge is -1.83. The van der Waals surface area contributed by atoms with Gasteiger partial charge in [-0.2, -0.15) is 4.37 Å². The van der Waals surface area contributed by atoms with Gasteiger partial charge in [-0.1, -0.05) is 39.8 Å². The summed E-state index contributed by atoms with van der Waals surface area (Å²) in [4.78, 5) is 0. The predicted octanol–water partition coefficient (Wildman–Crippen LogP) is 3.81. The standard InChI is InChI=1S/C6H8N2S.2C2H6/c1-2-3-5-4-9-8-6(5)7;2*1-2/h2-4H,1H3,(H2,7,8);2*1-2H3/b3-2-;;. The lowest BCUT2D eigenvalue weighted by atomic mass is 10.3. The van der Waals surface area contributed by atoms with Gasteiger partial charge < -0.3 is 5.73 Å². The third kappa shape index (κ3) is 6.34. The van der Waals surface area contributed by atoms with Gasteiger partial charge in [0.15, 0.2) is 0 Å². The highest BCUT2D eigenvalue weighted by atomic mass is 32.1. The Morgan fingerprint density at radius 2 is 1.85 bits per heavy atom. The van der Waals surface area contributed by atoms with Crippen LogP contribution in [-0.4, -0.2) is 4.37 Å². The largest absolute Gasteiger partial charge is 0.382 e. The van der Waals surface area contributed by atoms with Crippen LogP contribution in [0.5, 0.6) is 0 Å². The zero-order chi connectivity index (χ0) is 10.7. The Morgan fingerprint density at radius 1 is 1.31 bits per heavy atom. The molecule has 0 fully saturated rings. The zero-order valence-electron chi connectivity index (χ0n) is 9.16. The number of anilines is 1. The molecule has 0 aliphatic heterocycles. The summed E-state index contributed by atoms with van der Waals surface area (Å²) in [5, 5.41) is 1.93. The van der Waals surface area contributed by atoms with E-state index in [0.717, 1.165) is 5.56 Å². The first kappa shape index (κ1) is 14.7. The highest BCUT2D eigenvalue weighted by Crippen LogP contribution is 2.13. The molecule has 13 heavy (non-hydrogen) atoms. The summed E-state index contributed by atoms with van der Waals surface area (Å²) in [6, 6.07) is 0. The molecule has 0 saturated heterocycles. The highest BCUT2D eigenvalue weighted by molar-refractivity contribution is 7.04. The number of rotatable bonds is 1. The van der Waals surface area contributed by atoms with Gasteiger partial charge in [-0.3, -0.25) is 0 Å². The number of hydrogen-bond donors (Lipinski definition) is 1. The van der Waals surface area contributed by atoms with Crippen molar-refractivity contribution in [3.63, 3.8) is 0 Å². The first-order chi connectivity index (χ1) is 6.34. The van der Waals surface area contributed by atoms with Crippen molar-refractivity contribution >= 4 is 23.4 Å². The van der Waals surface area contributed by atoms with E-state index >= 15 is 0 Å². The van der Waals surface area contributed by atoms with Gasteiger partial charge in [-0.15, -0.1) is 0 Å². The summed E-state index contributed by atoms with van der Waals surface area (Å²) < 4.78 is 3.90. The summed E-state index contributed by atoms with van der Waals surface area (Å²) in [5.74, 6) is 0.623. The van der Waals surface area contributed by atoms with Gasteiger partial charge in [0.2, 0.25) is 0 Å². The van der Waals surface area contributed by atoms with Crippen LogP contribution in [0.3, 0.4) is 0 Å². The Bertz CT molecular complexity index is 216. The van der Waals surface area contributed by atoms with Gasteiger partial charge in [-0.25, -0.2) is 0 Å². The van der Waals surface area contributed by atoms with Gasteiger partial charge in [0.1, 0.15) is 5.82 Å². The Kier molecular flexibility index (Phi) is 12.6. The lowest BCUT2D eigenvalue weighted by Crippen LogP contribution is -1.84. The molecule has 0 unspecified atom stereocenters. The fourth-order valence-electron chi connectivity index (χ4n) is 0.557. The van der Waals surface area contributed by atoms with Crippen molar-refractivity contribution in [1.82, 2.24) is 4.37 Å². The summed E-state index contributed by atoms with van der Waals surface area (Å²) in [7, 11) is 0. The van der Waals surface area contributed by atoms with Crippen LogP contribution in [0.4, 0.5) is 5.82 Å². The molecule has 0 bridgehead atoms. The molecule has 1 heterocycles. The first-order valence-corrected chi connectivity index (χ1v) is 5.51. The van der Waals surface area contributed by atoms with Crippen LogP contribution in [0.2, 0.25) is 0 Å². The minimum absolute atomic E-state index is 0.623. The number of nitrogens with zero attached hydrogens (tertiary/aromatic N) is 1. The van der Waals surface area contributed by atoms with E-state index in [1.54, 1.807) is 0 Å². The van der Waals surface area contributed by atoms with E-state index in [0.29, 0.717) is 5.82 Å². The molecule has 0 spiro atoms. The molecule has 0 atom stereocenters. The molecule has 1 aromatic rings. The van der Waals surface area contributed by atoms with Crippen LogP contribution in [0, 0.1) is 0 Å². The molecule has 0 aromatic carbocycles. The molecule has 2 nitrogen and oxygen atoms in total. The molecule has 0 aliphatic carbocycles. The van der Waals surface area contributed by atoms with Crippen molar-refractivity contribution in [3.8, 4) is 0 Å². The van der Waals surface area contributed by atoms with Gasteiger partial charge in [0.25, 0.3) is 0 Å². The minimum Gasteiger partial charge on any atom is -0.382 e. The molecule has 0 amide bonds. The lowest BCUT2D eigenvalue weighted by molar-refractivity contribution is 1.50. The van der Waals surface area contributed by atoms with E-state index in [4.69, 9.17) is 5.73 Å². The van der Waals surface area contributed by atoms with Gasteiger partial charge >= 0.3 is 0 Å². The van der Waals surface area contributed by atoms with Crippen molar-refractivity contribution in [3.05, 3.63) is 17.0 Å². The average Bonchev–Trinajstić information content (AvgIpc) is 2.60. The Balaban J connectivity index is 0. The molecule has 1 aromatic heterocycles. The highest BCUT2D eigenvalue weighted by Gasteiger charge is 1.93. The van der Waals surface area contributed by atoms with Crippen molar-refractivity contribution in [1.29, 1.82) is 0 Å². The topological polar surface area (TPSA) is 38.9 Å². The Hall–Kier alpha value is -0.830. The average molecular weight is 200 g/mol. The van der Waals surface area contributed by atoms with Crippen LogP contribution in [0.1, 0.15) is 40.2 Å². The number of aromatic nitrogens is 1. The molecule has 3 heteroatoms. The van der Waals surface area contributed by atoms with Gasteiger partial charge in [0, 0.05) is 10.9 Å². The number of nitrogens with two attached hydrogens (primary N) is 1. The SMILES string of the molecule is C/C=C\c1csnc1N.CC.CC. The minimum atomic E-state index is 0.623. The summed E-state index contributed by atoms with van der Waals surface area (Å²) >= 11 is 1.38. The maximum atomic E-state index is 5.47. The van der Waals surface area contributed by atoms with E-state index in [1.165, 1.54) is 11.5 Å². The smallest absolute Gasteiger partial charge is 0.144 e. The van der Waals surface area contributed by atoms with Gasteiger partial charge in [0.05, 0.1) is 0 Å². The van der Waals surface area contributed by atoms with E-state index in [-0.39, 0.29) is 0 Å². The second kappa shape index (κ2) is 11.2. The second-order valence-corrected chi connectivity index (χ2v) is 2.28. The third-order valence-corrected chi connectivity index (χ3v) is 1.63. The van der Waals surface area contributed by atoms with Crippen LogP contribution >= 0.6 is 11.5 Å². The van der Waals surface area contributed by atoms with Crippen LogP contribution in [-0.2, 0) is 0 Å². The Morgan fingerprint density at radius 3 is 2.15 bits per heavy atom.